The van der Waals surface area contributed by atoms with Gasteiger partial charge in [-0.15, -0.1) is 0 Å². The van der Waals surface area contributed by atoms with Gasteiger partial charge in [-0.3, -0.25) is 4.79 Å². The van der Waals surface area contributed by atoms with Gasteiger partial charge >= 0.3 is 6.09 Å². The van der Waals surface area contributed by atoms with Crippen molar-refractivity contribution in [2.24, 2.45) is 5.92 Å². The summed E-state index contributed by atoms with van der Waals surface area (Å²) in [5, 5.41) is 0. The van der Waals surface area contributed by atoms with Gasteiger partial charge < -0.3 is 14.5 Å². The largest absolute Gasteiger partial charge is 0.444 e. The molecule has 2 amide bonds. The smallest absolute Gasteiger partial charge is 0.410 e. The number of amides is 2. The monoisotopic (exact) mass is 610 g/mol. The third-order valence-electron chi connectivity index (χ3n) is 6.28. The van der Waals surface area contributed by atoms with Crippen LogP contribution >= 0.6 is 31.9 Å². The first-order valence-corrected chi connectivity index (χ1v) is 13.4. The van der Waals surface area contributed by atoms with Gasteiger partial charge in [-0.1, -0.05) is 18.2 Å². The van der Waals surface area contributed by atoms with E-state index in [4.69, 9.17) is 4.74 Å². The van der Waals surface area contributed by atoms with Crippen LogP contribution < -0.4 is 0 Å². The highest BCUT2D eigenvalue weighted by Gasteiger charge is 2.33. The number of halogens is 3. The molecule has 0 N–H and O–H groups in total. The van der Waals surface area contributed by atoms with E-state index in [1.807, 2.05) is 46.0 Å². The van der Waals surface area contributed by atoms with Crippen LogP contribution in [0.4, 0.5) is 9.18 Å². The number of carbonyl (C=O) groups excluding carboxylic acids is 2. The lowest BCUT2D eigenvalue weighted by Crippen LogP contribution is -2.43. The van der Waals surface area contributed by atoms with Crippen molar-refractivity contribution in [1.29, 1.82) is 0 Å². The zero-order valence-corrected chi connectivity index (χ0v) is 23.9. The fraction of sp³-hybridized carbons (Fsp3) is 0.481. The molecule has 1 aliphatic heterocycles. The van der Waals surface area contributed by atoms with Crippen LogP contribution in [0, 0.1) is 11.7 Å². The van der Waals surface area contributed by atoms with E-state index in [1.165, 1.54) is 12.1 Å². The topological polar surface area (TPSA) is 49.9 Å². The summed E-state index contributed by atoms with van der Waals surface area (Å²) >= 11 is 6.99. The predicted octanol–water partition coefficient (Wildman–Crippen LogP) is 7.13. The molecule has 1 aliphatic rings. The second kappa shape index (κ2) is 11.9. The van der Waals surface area contributed by atoms with Crippen LogP contribution in [-0.4, -0.2) is 47.5 Å². The summed E-state index contributed by atoms with van der Waals surface area (Å²) in [6.45, 7) is 7.23. The number of piperidine rings is 1. The van der Waals surface area contributed by atoms with Gasteiger partial charge in [-0.25, -0.2) is 9.18 Å². The molecule has 3 rings (SSSR count). The molecule has 35 heavy (non-hydrogen) atoms. The summed E-state index contributed by atoms with van der Waals surface area (Å²) in [6.07, 6.45) is 1.55. The van der Waals surface area contributed by atoms with Crippen molar-refractivity contribution in [2.45, 2.75) is 58.1 Å². The molecule has 1 fully saturated rings. The lowest BCUT2D eigenvalue weighted by atomic mass is 9.78. The van der Waals surface area contributed by atoms with Crippen LogP contribution in [0.15, 0.2) is 51.4 Å². The number of ether oxygens (including phenoxy) is 1. The first-order chi connectivity index (χ1) is 16.4. The number of likely N-dealkylation sites (tertiary alicyclic amines) is 1. The number of benzene rings is 2. The molecule has 0 saturated carbocycles. The molecular formula is C27H33Br2FN2O3. The van der Waals surface area contributed by atoms with Gasteiger partial charge in [-0.05, 0) is 113 Å². The highest BCUT2D eigenvalue weighted by molar-refractivity contribution is 9.13. The van der Waals surface area contributed by atoms with Crippen molar-refractivity contribution in [3.63, 3.8) is 0 Å². The first kappa shape index (κ1) is 27.7. The van der Waals surface area contributed by atoms with Crippen molar-refractivity contribution < 1.29 is 18.7 Å². The van der Waals surface area contributed by atoms with E-state index in [0.29, 0.717) is 26.1 Å². The second-order valence-corrected chi connectivity index (χ2v) is 11.9. The minimum atomic E-state index is -0.536. The van der Waals surface area contributed by atoms with E-state index in [1.54, 1.807) is 21.9 Å². The molecule has 1 heterocycles. The fourth-order valence-electron chi connectivity index (χ4n) is 4.42. The Labute approximate surface area is 224 Å². The number of rotatable bonds is 6. The quantitative estimate of drug-likeness (QED) is 0.349. The highest BCUT2D eigenvalue weighted by atomic mass is 79.9. The van der Waals surface area contributed by atoms with Crippen molar-refractivity contribution in [2.75, 3.05) is 20.1 Å². The highest BCUT2D eigenvalue weighted by Crippen LogP contribution is 2.36. The van der Waals surface area contributed by atoms with Gasteiger partial charge in [0.05, 0.1) is 0 Å². The minimum absolute atomic E-state index is 0.0351. The summed E-state index contributed by atoms with van der Waals surface area (Å²) in [5.74, 6) is -0.106. The minimum Gasteiger partial charge on any atom is -0.444 e. The van der Waals surface area contributed by atoms with Gasteiger partial charge in [0, 0.05) is 42.0 Å². The van der Waals surface area contributed by atoms with E-state index >= 15 is 0 Å². The van der Waals surface area contributed by atoms with Crippen LogP contribution in [-0.2, 0) is 16.1 Å². The average Bonchev–Trinajstić information content (AvgIpc) is 2.79. The summed E-state index contributed by atoms with van der Waals surface area (Å²) in [6, 6.07) is 12.4. The molecule has 2 aromatic rings. The maximum atomic E-state index is 13.6. The molecule has 0 aromatic heterocycles. The van der Waals surface area contributed by atoms with Crippen LogP contribution in [0.5, 0.6) is 0 Å². The predicted molar refractivity (Wildman–Crippen MR) is 143 cm³/mol. The van der Waals surface area contributed by atoms with Crippen LogP contribution in [0.1, 0.15) is 57.1 Å². The molecule has 8 heteroatoms. The molecule has 2 aromatic carbocycles. The molecule has 1 saturated heterocycles. The van der Waals surface area contributed by atoms with E-state index in [-0.39, 0.29) is 29.7 Å². The van der Waals surface area contributed by atoms with Crippen LogP contribution in [0.2, 0.25) is 0 Å². The zero-order valence-electron chi connectivity index (χ0n) is 20.7. The Morgan fingerprint density at radius 2 is 1.71 bits per heavy atom. The summed E-state index contributed by atoms with van der Waals surface area (Å²) in [7, 11) is 1.81. The van der Waals surface area contributed by atoms with Gasteiger partial charge in [0.1, 0.15) is 11.4 Å². The average molecular weight is 612 g/mol. The first-order valence-electron chi connectivity index (χ1n) is 11.8. The second-order valence-electron chi connectivity index (χ2n) is 10.2. The summed E-state index contributed by atoms with van der Waals surface area (Å²) in [5.41, 5.74) is 1.45. The zero-order chi connectivity index (χ0) is 25.8. The van der Waals surface area contributed by atoms with E-state index in [9.17, 15) is 14.0 Å². The lowest BCUT2D eigenvalue weighted by molar-refractivity contribution is -0.131. The fourth-order valence-corrected chi connectivity index (χ4v) is 5.09. The van der Waals surface area contributed by atoms with Gasteiger partial charge in [0.2, 0.25) is 5.91 Å². The molecule has 0 bridgehead atoms. The van der Waals surface area contributed by atoms with Crippen LogP contribution in [0.3, 0.4) is 0 Å². The summed E-state index contributed by atoms with van der Waals surface area (Å²) in [4.78, 5) is 29.2. The maximum Gasteiger partial charge on any atom is 0.410 e. The third-order valence-corrected chi connectivity index (χ3v) is 8.16. The van der Waals surface area contributed by atoms with Crippen LogP contribution in [0.25, 0.3) is 0 Å². The Bertz CT molecular complexity index is 1030. The Hall–Kier alpha value is -1.93. The number of nitrogens with zero attached hydrogens (tertiary/aromatic N) is 2. The van der Waals surface area contributed by atoms with Gasteiger partial charge in [0.25, 0.3) is 0 Å². The van der Waals surface area contributed by atoms with E-state index < -0.39 is 5.60 Å². The molecule has 0 spiro atoms. The number of carbonyl (C=O) groups is 2. The van der Waals surface area contributed by atoms with Gasteiger partial charge in [-0.2, -0.15) is 0 Å². The van der Waals surface area contributed by atoms with E-state index in [2.05, 4.69) is 31.9 Å². The lowest BCUT2D eigenvalue weighted by Gasteiger charge is -2.37. The standard InChI is InChI=1S/C27H33Br2FN2O3/c1-27(2,3)35-26(34)32-13-11-20(12-14-32)22(19-6-8-21(30)9-7-19)16-25(33)31(4)17-18-5-10-23(28)24(29)15-18/h5-10,15,20,22H,11-14,16-17H2,1-4H3. The van der Waals surface area contributed by atoms with Crippen molar-refractivity contribution in [3.05, 3.63) is 68.4 Å². The Morgan fingerprint density at radius 3 is 2.29 bits per heavy atom. The number of hydrogen-bond donors (Lipinski definition) is 0. The third kappa shape index (κ3) is 8.04. The Balaban J connectivity index is 1.69. The summed E-state index contributed by atoms with van der Waals surface area (Å²) < 4.78 is 21.0. The Kier molecular flexibility index (Phi) is 9.38. The molecule has 190 valence electrons. The number of hydrogen-bond acceptors (Lipinski definition) is 3. The molecule has 5 nitrogen and oxygen atoms in total. The molecule has 1 atom stereocenters. The molecular weight excluding hydrogens is 579 g/mol. The van der Waals surface area contributed by atoms with Gasteiger partial charge in [0.15, 0.2) is 0 Å². The molecule has 1 unspecified atom stereocenters. The Morgan fingerprint density at radius 1 is 1.09 bits per heavy atom. The van der Waals surface area contributed by atoms with E-state index in [0.717, 1.165) is 32.9 Å². The van der Waals surface area contributed by atoms with Crippen molar-refractivity contribution in [1.82, 2.24) is 9.80 Å². The normalized spacial score (nSPS) is 15.6. The van der Waals surface area contributed by atoms with Crippen molar-refractivity contribution in [3.8, 4) is 0 Å². The molecule has 0 aliphatic carbocycles. The SMILES string of the molecule is CN(Cc1ccc(Br)c(Br)c1)C(=O)CC(c1ccc(F)cc1)C1CCN(C(=O)OC(C)(C)C)CC1. The van der Waals surface area contributed by atoms with Crippen molar-refractivity contribution >= 4 is 43.9 Å². The maximum absolute atomic E-state index is 13.6. The molecule has 0 radical (unpaired) electrons.